The van der Waals surface area contributed by atoms with E-state index in [0.29, 0.717) is 11.5 Å². The second kappa shape index (κ2) is 2.99. The maximum Gasteiger partial charge on any atom is 0.394 e. The predicted octanol–water partition coefficient (Wildman–Crippen LogP) is 1.34. The highest BCUT2D eigenvalue weighted by Crippen LogP contribution is 2.18. The molecular weight excluding hydrogens is 188 g/mol. The van der Waals surface area contributed by atoms with Crippen LogP contribution in [0.25, 0.3) is 11.6 Å². The summed E-state index contributed by atoms with van der Waals surface area (Å²) in [6.45, 7) is 1.77. The molecule has 0 saturated heterocycles. The molecule has 1 N–H and O–H groups in total. The largest absolute Gasteiger partial charge is 0.474 e. The minimum absolute atomic E-state index is 0.135. The van der Waals surface area contributed by atoms with Crippen molar-refractivity contribution in [1.82, 2.24) is 10.1 Å². The van der Waals surface area contributed by atoms with Gasteiger partial charge in [0.1, 0.15) is 5.76 Å². The lowest BCUT2D eigenvalue weighted by atomic mass is 10.4. The van der Waals surface area contributed by atoms with Crippen molar-refractivity contribution in [1.29, 1.82) is 0 Å². The van der Waals surface area contributed by atoms with Crippen molar-refractivity contribution >= 4 is 5.97 Å². The van der Waals surface area contributed by atoms with Gasteiger partial charge >= 0.3 is 11.9 Å². The van der Waals surface area contributed by atoms with Crippen LogP contribution in [0.1, 0.15) is 16.4 Å². The Morgan fingerprint density at radius 2 is 2.29 bits per heavy atom. The minimum Gasteiger partial charge on any atom is -0.474 e. The highest BCUT2D eigenvalue weighted by atomic mass is 16.5. The average molecular weight is 194 g/mol. The van der Waals surface area contributed by atoms with Crippen molar-refractivity contribution < 1.29 is 18.8 Å². The summed E-state index contributed by atoms with van der Waals surface area (Å²) in [6, 6.07) is 3.37. The van der Waals surface area contributed by atoms with Gasteiger partial charge in [0, 0.05) is 0 Å². The molecule has 2 aromatic rings. The molecule has 6 nitrogen and oxygen atoms in total. The molecule has 0 fully saturated rings. The number of carboxylic acids is 1. The van der Waals surface area contributed by atoms with Gasteiger partial charge in [-0.15, -0.1) is 0 Å². The van der Waals surface area contributed by atoms with Gasteiger partial charge in [-0.1, -0.05) is 5.16 Å². The van der Waals surface area contributed by atoms with E-state index in [4.69, 9.17) is 9.52 Å². The van der Waals surface area contributed by atoms with Crippen LogP contribution in [0.15, 0.2) is 21.1 Å². The van der Waals surface area contributed by atoms with Crippen LogP contribution in [0.3, 0.4) is 0 Å². The van der Waals surface area contributed by atoms with Gasteiger partial charge in [0.25, 0.3) is 0 Å². The van der Waals surface area contributed by atoms with Crippen LogP contribution < -0.4 is 0 Å². The van der Waals surface area contributed by atoms with Crippen molar-refractivity contribution in [3.8, 4) is 11.6 Å². The number of nitrogens with zero attached hydrogens (tertiary/aromatic N) is 2. The summed E-state index contributed by atoms with van der Waals surface area (Å²) in [6.07, 6.45) is 0. The first-order chi connectivity index (χ1) is 6.66. The Balaban J connectivity index is 2.38. The van der Waals surface area contributed by atoms with Crippen molar-refractivity contribution in [3.05, 3.63) is 23.8 Å². The first kappa shape index (κ1) is 8.49. The van der Waals surface area contributed by atoms with Crippen LogP contribution in [0.5, 0.6) is 0 Å². The Morgan fingerprint density at radius 1 is 1.50 bits per heavy atom. The zero-order valence-corrected chi connectivity index (χ0v) is 7.22. The zero-order chi connectivity index (χ0) is 10.1. The van der Waals surface area contributed by atoms with E-state index in [9.17, 15) is 4.79 Å². The normalized spacial score (nSPS) is 10.4. The van der Waals surface area contributed by atoms with Crippen molar-refractivity contribution in [2.45, 2.75) is 6.92 Å². The summed E-state index contributed by atoms with van der Waals surface area (Å²) in [7, 11) is 0. The molecule has 2 heterocycles. The smallest absolute Gasteiger partial charge is 0.394 e. The van der Waals surface area contributed by atoms with Crippen LogP contribution in [0, 0.1) is 6.92 Å². The van der Waals surface area contributed by atoms with Crippen molar-refractivity contribution in [3.63, 3.8) is 0 Å². The third-order valence-corrected chi connectivity index (χ3v) is 1.57. The van der Waals surface area contributed by atoms with E-state index < -0.39 is 11.9 Å². The van der Waals surface area contributed by atoms with Gasteiger partial charge in [0.15, 0.2) is 5.76 Å². The summed E-state index contributed by atoms with van der Waals surface area (Å²) >= 11 is 0. The van der Waals surface area contributed by atoms with E-state index in [1.54, 1.807) is 19.1 Å². The molecule has 0 aliphatic carbocycles. The highest BCUT2D eigenvalue weighted by Gasteiger charge is 2.16. The first-order valence-electron chi connectivity index (χ1n) is 3.80. The van der Waals surface area contributed by atoms with Crippen LogP contribution in [-0.2, 0) is 0 Å². The molecule has 0 aliphatic heterocycles. The standard InChI is InChI=1S/C8H6N2O4/c1-4-2-3-5(13-4)6-9-7(8(11)12)14-10-6/h2-3H,1H3,(H,11,12). The Morgan fingerprint density at radius 3 is 2.79 bits per heavy atom. The van der Waals surface area contributed by atoms with Gasteiger partial charge in [0.05, 0.1) is 0 Å². The molecule has 0 amide bonds. The SMILES string of the molecule is Cc1ccc(-c2noc(C(=O)O)n2)o1. The Bertz CT molecular complexity index is 471. The lowest BCUT2D eigenvalue weighted by Crippen LogP contribution is -1.95. The Hall–Kier alpha value is -2.11. The number of aryl methyl sites for hydroxylation is 1. The number of hydrogen-bond donors (Lipinski definition) is 1. The van der Waals surface area contributed by atoms with Crippen LogP contribution in [0.2, 0.25) is 0 Å². The van der Waals surface area contributed by atoms with E-state index in [2.05, 4.69) is 14.7 Å². The maximum atomic E-state index is 10.4. The molecule has 6 heteroatoms. The number of hydrogen-bond acceptors (Lipinski definition) is 5. The lowest BCUT2D eigenvalue weighted by Gasteiger charge is -1.83. The average Bonchev–Trinajstić information content (AvgIpc) is 2.70. The molecule has 0 saturated carbocycles. The molecule has 72 valence electrons. The van der Waals surface area contributed by atoms with Crippen LogP contribution in [-0.4, -0.2) is 21.2 Å². The second-order valence-corrected chi connectivity index (χ2v) is 2.64. The molecule has 2 aromatic heterocycles. The minimum atomic E-state index is -1.26. The number of carboxylic acid groups (broad SMARTS) is 1. The van der Waals surface area contributed by atoms with Gasteiger partial charge in [-0.2, -0.15) is 4.98 Å². The monoisotopic (exact) mass is 194 g/mol. The quantitative estimate of drug-likeness (QED) is 0.775. The molecule has 0 atom stereocenters. The third-order valence-electron chi connectivity index (χ3n) is 1.57. The van der Waals surface area contributed by atoms with E-state index in [-0.39, 0.29) is 5.82 Å². The van der Waals surface area contributed by atoms with Gasteiger partial charge in [-0.25, -0.2) is 4.79 Å². The molecule has 14 heavy (non-hydrogen) atoms. The van der Waals surface area contributed by atoms with E-state index in [1.165, 1.54) is 0 Å². The summed E-state index contributed by atoms with van der Waals surface area (Å²) in [4.78, 5) is 14.0. The number of aromatic carboxylic acids is 1. The summed E-state index contributed by atoms with van der Waals surface area (Å²) in [5.41, 5.74) is 0. The summed E-state index contributed by atoms with van der Waals surface area (Å²) in [5, 5.41) is 12.0. The second-order valence-electron chi connectivity index (χ2n) is 2.64. The number of aromatic nitrogens is 2. The zero-order valence-electron chi connectivity index (χ0n) is 7.22. The molecule has 0 bridgehead atoms. The summed E-state index contributed by atoms with van der Waals surface area (Å²) in [5.74, 6) is -0.489. The van der Waals surface area contributed by atoms with E-state index in [1.807, 2.05) is 0 Å². The lowest BCUT2D eigenvalue weighted by molar-refractivity contribution is 0.0643. The number of rotatable bonds is 2. The van der Waals surface area contributed by atoms with Crippen molar-refractivity contribution in [2.24, 2.45) is 0 Å². The van der Waals surface area contributed by atoms with Gasteiger partial charge in [-0.05, 0) is 19.1 Å². The van der Waals surface area contributed by atoms with E-state index in [0.717, 1.165) is 0 Å². The molecular formula is C8H6N2O4. The van der Waals surface area contributed by atoms with Crippen molar-refractivity contribution in [2.75, 3.05) is 0 Å². The highest BCUT2D eigenvalue weighted by molar-refractivity contribution is 5.82. The molecule has 0 aromatic carbocycles. The fourth-order valence-electron chi connectivity index (χ4n) is 0.965. The van der Waals surface area contributed by atoms with Gasteiger partial charge in [0.2, 0.25) is 5.82 Å². The first-order valence-corrected chi connectivity index (χ1v) is 3.80. The third kappa shape index (κ3) is 1.37. The van der Waals surface area contributed by atoms with E-state index >= 15 is 0 Å². The Kier molecular flexibility index (Phi) is 1.81. The molecule has 0 aliphatic rings. The number of furan rings is 1. The van der Waals surface area contributed by atoms with Crippen LogP contribution in [0.4, 0.5) is 0 Å². The van der Waals surface area contributed by atoms with Gasteiger partial charge < -0.3 is 14.0 Å². The molecule has 0 unspecified atom stereocenters. The van der Waals surface area contributed by atoms with Crippen LogP contribution >= 0.6 is 0 Å². The fraction of sp³-hybridized carbons (Fsp3) is 0.125. The fourth-order valence-corrected chi connectivity index (χ4v) is 0.965. The predicted molar refractivity (Wildman–Crippen MR) is 43.7 cm³/mol. The molecule has 0 radical (unpaired) electrons. The molecule has 0 spiro atoms. The topological polar surface area (TPSA) is 89.4 Å². The maximum absolute atomic E-state index is 10.4. The Labute approximate surface area is 78.2 Å². The number of carbonyl (C=O) groups is 1. The summed E-state index contributed by atoms with van der Waals surface area (Å²) < 4.78 is 9.65. The van der Waals surface area contributed by atoms with Gasteiger partial charge in [-0.3, -0.25) is 0 Å². The molecule has 2 rings (SSSR count).